The third-order valence-corrected chi connectivity index (χ3v) is 2.89. The summed E-state index contributed by atoms with van der Waals surface area (Å²) in [7, 11) is 0. The molecule has 0 aromatic rings. The molecule has 0 heterocycles. The van der Waals surface area contributed by atoms with Crippen molar-refractivity contribution < 1.29 is 27.3 Å². The number of hydrogen-bond donors (Lipinski definition) is 0. The van der Waals surface area contributed by atoms with Gasteiger partial charge in [-0.25, -0.2) is 0 Å². The Hall–Kier alpha value is 0.439. The van der Waals surface area contributed by atoms with Crippen LogP contribution in [-0.4, -0.2) is 12.2 Å². The predicted octanol–water partition coefficient (Wildman–Crippen LogP) is 1.56. The Bertz CT molecular complexity index is 102. The van der Waals surface area contributed by atoms with Crippen LogP contribution in [-0.2, 0) is 17.1 Å². The van der Waals surface area contributed by atoms with Crippen molar-refractivity contribution >= 4 is 0 Å². The third kappa shape index (κ3) is 14.4. The van der Waals surface area contributed by atoms with E-state index in [1.54, 1.807) is 13.8 Å². The largest absolute Gasteiger partial charge is 2.00 e. The normalized spacial score (nSPS) is 17.6. The molecule has 97 valence electrons. The second kappa shape index (κ2) is 12.5. The molecule has 0 saturated heterocycles. The van der Waals surface area contributed by atoms with Crippen molar-refractivity contribution in [3.8, 4) is 0 Å². The first-order chi connectivity index (χ1) is 6.36. The van der Waals surface area contributed by atoms with Crippen molar-refractivity contribution in [2.24, 2.45) is 11.8 Å². The molecule has 0 saturated carbocycles. The molecule has 3 heteroatoms. The molecular weight excluding hydrogens is 240 g/mol. The van der Waals surface area contributed by atoms with Gasteiger partial charge in [0.2, 0.25) is 0 Å². The topological polar surface area (TPSA) is 46.1 Å². The standard InChI is InChI=1S/2C6H13O.Cu/c2*1-4-5(2)6(3)7;/h2*5-6H,4H2,1-3H3;/q2*-1;+2. The molecule has 2 nitrogen and oxygen atoms in total. The van der Waals surface area contributed by atoms with Crippen LogP contribution >= 0.6 is 0 Å². The fourth-order valence-electron chi connectivity index (χ4n) is 0.664. The van der Waals surface area contributed by atoms with Crippen LogP contribution in [0.2, 0.25) is 0 Å². The molecular formula is C12H26CuO2. The maximum absolute atomic E-state index is 10.5. The number of hydrogen-bond acceptors (Lipinski definition) is 2. The monoisotopic (exact) mass is 265 g/mol. The summed E-state index contributed by atoms with van der Waals surface area (Å²) in [6.07, 6.45) is 1.24. The fourth-order valence-corrected chi connectivity index (χ4v) is 0.664. The minimum absolute atomic E-state index is 0. The van der Waals surface area contributed by atoms with E-state index in [1.165, 1.54) is 0 Å². The van der Waals surface area contributed by atoms with Gasteiger partial charge in [-0.15, -0.1) is 12.2 Å². The van der Waals surface area contributed by atoms with E-state index in [0.29, 0.717) is 11.8 Å². The Labute approximate surface area is 106 Å². The maximum Gasteiger partial charge on any atom is 2.00 e. The Morgan fingerprint density at radius 1 is 0.733 bits per heavy atom. The van der Waals surface area contributed by atoms with Gasteiger partial charge in [-0.3, -0.25) is 0 Å². The molecule has 15 heavy (non-hydrogen) atoms. The van der Waals surface area contributed by atoms with Crippen LogP contribution in [0.4, 0.5) is 0 Å². The molecule has 0 aromatic heterocycles. The van der Waals surface area contributed by atoms with Crippen molar-refractivity contribution in [2.45, 2.75) is 66.6 Å². The zero-order valence-electron chi connectivity index (χ0n) is 10.8. The van der Waals surface area contributed by atoms with Gasteiger partial charge in [0.1, 0.15) is 0 Å². The average Bonchev–Trinajstić information content (AvgIpc) is 2.15. The van der Waals surface area contributed by atoms with Crippen LogP contribution < -0.4 is 10.2 Å². The van der Waals surface area contributed by atoms with E-state index in [0.717, 1.165) is 12.8 Å². The summed E-state index contributed by atoms with van der Waals surface area (Å²) in [4.78, 5) is 0. The summed E-state index contributed by atoms with van der Waals surface area (Å²) in [6.45, 7) is 11.5. The molecule has 0 aliphatic rings. The van der Waals surface area contributed by atoms with Crippen LogP contribution in [0.3, 0.4) is 0 Å². The van der Waals surface area contributed by atoms with Gasteiger partial charge in [0.15, 0.2) is 0 Å². The van der Waals surface area contributed by atoms with Crippen molar-refractivity contribution in [3.05, 3.63) is 0 Å². The summed E-state index contributed by atoms with van der Waals surface area (Å²) < 4.78 is 0. The second-order valence-corrected chi connectivity index (χ2v) is 4.18. The van der Waals surface area contributed by atoms with Gasteiger partial charge in [-0.05, 0) is 0 Å². The van der Waals surface area contributed by atoms with Crippen LogP contribution in [0.25, 0.3) is 0 Å². The van der Waals surface area contributed by atoms with Crippen LogP contribution in [0.1, 0.15) is 54.4 Å². The third-order valence-electron chi connectivity index (χ3n) is 2.89. The average molecular weight is 266 g/mol. The van der Waals surface area contributed by atoms with Gasteiger partial charge >= 0.3 is 17.1 Å². The summed E-state index contributed by atoms with van der Waals surface area (Å²) in [5.41, 5.74) is 0. The molecule has 0 rings (SSSR count). The summed E-state index contributed by atoms with van der Waals surface area (Å²) in [5, 5.41) is 20.9. The van der Waals surface area contributed by atoms with Crippen molar-refractivity contribution in [1.29, 1.82) is 0 Å². The molecule has 0 amide bonds. The van der Waals surface area contributed by atoms with E-state index in [4.69, 9.17) is 0 Å². The Balaban J connectivity index is -0.000000180. The first-order valence-corrected chi connectivity index (χ1v) is 5.68. The molecule has 0 fully saturated rings. The van der Waals surface area contributed by atoms with Crippen LogP contribution in [0.5, 0.6) is 0 Å². The van der Waals surface area contributed by atoms with Crippen molar-refractivity contribution in [3.63, 3.8) is 0 Å². The molecule has 0 aromatic carbocycles. The molecule has 4 atom stereocenters. The molecule has 0 bridgehead atoms. The minimum atomic E-state index is -0.384. The quantitative estimate of drug-likeness (QED) is 0.725. The van der Waals surface area contributed by atoms with E-state index in [2.05, 4.69) is 0 Å². The molecule has 0 aliphatic carbocycles. The van der Waals surface area contributed by atoms with E-state index < -0.39 is 0 Å². The molecule has 0 N–H and O–H groups in total. The molecule has 4 unspecified atom stereocenters. The van der Waals surface area contributed by atoms with E-state index in [9.17, 15) is 10.2 Å². The van der Waals surface area contributed by atoms with E-state index in [-0.39, 0.29) is 29.3 Å². The first-order valence-electron chi connectivity index (χ1n) is 5.68. The SMILES string of the molecule is CCC(C)C(C)[O-].CCC(C)C(C)[O-].[Cu+2]. The van der Waals surface area contributed by atoms with Gasteiger partial charge < -0.3 is 10.2 Å². The minimum Gasteiger partial charge on any atom is -0.852 e. The molecule has 1 radical (unpaired) electrons. The zero-order chi connectivity index (χ0) is 11.7. The summed E-state index contributed by atoms with van der Waals surface area (Å²) in [5.74, 6) is 0.694. The van der Waals surface area contributed by atoms with E-state index in [1.807, 2.05) is 27.7 Å². The Morgan fingerprint density at radius 2 is 0.933 bits per heavy atom. The van der Waals surface area contributed by atoms with Crippen LogP contribution in [0.15, 0.2) is 0 Å². The van der Waals surface area contributed by atoms with Gasteiger partial charge in [0.05, 0.1) is 0 Å². The predicted molar refractivity (Wildman–Crippen MR) is 57.8 cm³/mol. The van der Waals surface area contributed by atoms with Crippen LogP contribution in [0, 0.1) is 11.8 Å². The summed E-state index contributed by atoms with van der Waals surface area (Å²) >= 11 is 0. The maximum atomic E-state index is 10.5. The zero-order valence-corrected chi connectivity index (χ0v) is 11.8. The second-order valence-electron chi connectivity index (χ2n) is 4.18. The van der Waals surface area contributed by atoms with Gasteiger partial charge in [-0.1, -0.05) is 66.2 Å². The molecule has 0 aliphatic heterocycles. The Kier molecular flexibility index (Phi) is 17.3. The van der Waals surface area contributed by atoms with Crippen molar-refractivity contribution in [1.82, 2.24) is 0 Å². The number of rotatable bonds is 4. The Morgan fingerprint density at radius 3 is 0.933 bits per heavy atom. The van der Waals surface area contributed by atoms with Gasteiger partial charge in [0, 0.05) is 0 Å². The van der Waals surface area contributed by atoms with Crippen molar-refractivity contribution in [2.75, 3.05) is 0 Å². The fraction of sp³-hybridized carbons (Fsp3) is 1.00. The van der Waals surface area contributed by atoms with Gasteiger partial charge in [0.25, 0.3) is 0 Å². The van der Waals surface area contributed by atoms with E-state index >= 15 is 0 Å². The van der Waals surface area contributed by atoms with Gasteiger partial charge in [-0.2, -0.15) is 0 Å². The first kappa shape index (κ1) is 20.8. The molecule has 0 spiro atoms. The smallest absolute Gasteiger partial charge is 0.852 e. The summed E-state index contributed by atoms with van der Waals surface area (Å²) in [6, 6.07) is 0.